The highest BCUT2D eigenvalue weighted by Crippen LogP contribution is 2.49. The fourth-order valence-corrected chi connectivity index (χ4v) is 4.07. The highest BCUT2D eigenvalue weighted by molar-refractivity contribution is 5.98. The maximum atomic E-state index is 14.3. The summed E-state index contributed by atoms with van der Waals surface area (Å²) in [5.74, 6) is 0.645. The van der Waals surface area contributed by atoms with Gasteiger partial charge in [-0.15, -0.1) is 0 Å². The highest BCUT2D eigenvalue weighted by Gasteiger charge is 2.51. The summed E-state index contributed by atoms with van der Waals surface area (Å²) in [6.45, 7) is 7.54. The molecule has 2 unspecified atom stereocenters. The van der Waals surface area contributed by atoms with E-state index < -0.39 is 0 Å². The van der Waals surface area contributed by atoms with Crippen LogP contribution in [0.15, 0.2) is 29.3 Å². The Labute approximate surface area is 126 Å². The van der Waals surface area contributed by atoms with Crippen LogP contribution in [0.4, 0.5) is 10.1 Å². The van der Waals surface area contributed by atoms with Crippen LogP contribution in [0.2, 0.25) is 0 Å². The van der Waals surface area contributed by atoms with E-state index in [4.69, 9.17) is 5.73 Å². The number of nitrogens with zero attached hydrogens (tertiary/aromatic N) is 2. The lowest BCUT2D eigenvalue weighted by Crippen LogP contribution is -2.59. The molecule has 1 spiro atoms. The first-order valence-corrected chi connectivity index (χ1v) is 7.70. The van der Waals surface area contributed by atoms with Gasteiger partial charge in [0.2, 0.25) is 0 Å². The zero-order valence-electron chi connectivity index (χ0n) is 13.1. The van der Waals surface area contributed by atoms with Crippen LogP contribution in [0.3, 0.4) is 0 Å². The van der Waals surface area contributed by atoms with Crippen LogP contribution in [0, 0.1) is 17.2 Å². The van der Waals surface area contributed by atoms with Gasteiger partial charge < -0.3 is 10.6 Å². The lowest BCUT2D eigenvalue weighted by atomic mass is 9.63. The number of para-hydroxylation sites is 1. The standard InChI is InChI=1S/C17H24FN3/c1-12-10-16(2,3)8-9-17(12)11-20-15(19)21(17)14-7-5-4-6-13(14)18/h4-7,12H,8-11H2,1-3H3,(H2,19,20). The Morgan fingerprint density at radius 2 is 2.00 bits per heavy atom. The molecule has 0 saturated heterocycles. The number of guanidine groups is 1. The van der Waals surface area contributed by atoms with Gasteiger partial charge in [0, 0.05) is 0 Å². The number of hydrogen-bond acceptors (Lipinski definition) is 3. The van der Waals surface area contributed by atoms with Gasteiger partial charge in [-0.2, -0.15) is 0 Å². The average molecular weight is 289 g/mol. The Bertz CT molecular complexity index is 581. The Morgan fingerprint density at radius 1 is 1.29 bits per heavy atom. The SMILES string of the molecule is CC1CC(C)(C)CCC12CN=C(N)N2c1ccccc1F. The van der Waals surface area contributed by atoms with Gasteiger partial charge in [0.15, 0.2) is 5.96 Å². The summed E-state index contributed by atoms with van der Waals surface area (Å²) in [5.41, 5.74) is 6.85. The van der Waals surface area contributed by atoms with Gasteiger partial charge >= 0.3 is 0 Å². The van der Waals surface area contributed by atoms with Crippen molar-refractivity contribution in [3.05, 3.63) is 30.1 Å². The quantitative estimate of drug-likeness (QED) is 0.859. The third kappa shape index (κ3) is 2.21. The number of hydrogen-bond donors (Lipinski definition) is 1. The van der Waals surface area contributed by atoms with Crippen molar-refractivity contribution in [1.82, 2.24) is 0 Å². The number of rotatable bonds is 1. The van der Waals surface area contributed by atoms with Crippen molar-refractivity contribution in [2.75, 3.05) is 11.4 Å². The predicted octanol–water partition coefficient (Wildman–Crippen LogP) is 3.55. The molecule has 2 N–H and O–H groups in total. The summed E-state index contributed by atoms with van der Waals surface area (Å²) < 4.78 is 14.3. The van der Waals surface area contributed by atoms with E-state index in [1.807, 2.05) is 11.0 Å². The second-order valence-corrected chi connectivity index (χ2v) is 7.33. The fourth-order valence-electron chi connectivity index (χ4n) is 4.07. The summed E-state index contributed by atoms with van der Waals surface area (Å²) in [6.07, 6.45) is 3.23. The van der Waals surface area contributed by atoms with Gasteiger partial charge in [0.05, 0.1) is 17.8 Å². The number of anilines is 1. The van der Waals surface area contributed by atoms with E-state index in [0.29, 0.717) is 29.5 Å². The molecule has 0 bridgehead atoms. The summed E-state index contributed by atoms with van der Waals surface area (Å²) in [6, 6.07) is 6.86. The molecule has 0 radical (unpaired) electrons. The largest absolute Gasteiger partial charge is 0.369 e. The molecule has 1 aromatic carbocycles. The molecule has 1 aliphatic carbocycles. The van der Waals surface area contributed by atoms with Crippen LogP contribution in [0.5, 0.6) is 0 Å². The molecule has 2 atom stereocenters. The fraction of sp³-hybridized carbons (Fsp3) is 0.588. The maximum absolute atomic E-state index is 14.3. The van der Waals surface area contributed by atoms with Gasteiger partial charge in [0.25, 0.3) is 0 Å². The monoisotopic (exact) mass is 289 g/mol. The Morgan fingerprint density at radius 3 is 2.67 bits per heavy atom. The molecule has 4 heteroatoms. The molecule has 3 rings (SSSR count). The summed E-state index contributed by atoms with van der Waals surface area (Å²) >= 11 is 0. The molecule has 1 saturated carbocycles. The number of nitrogens with two attached hydrogens (primary N) is 1. The topological polar surface area (TPSA) is 41.6 Å². The van der Waals surface area contributed by atoms with Gasteiger partial charge in [-0.3, -0.25) is 4.99 Å². The van der Waals surface area contributed by atoms with Crippen LogP contribution in [0.1, 0.15) is 40.0 Å². The second-order valence-electron chi connectivity index (χ2n) is 7.33. The Kier molecular flexibility index (Phi) is 3.23. The lowest BCUT2D eigenvalue weighted by molar-refractivity contribution is 0.113. The molecule has 2 aliphatic rings. The highest BCUT2D eigenvalue weighted by atomic mass is 19.1. The van der Waals surface area contributed by atoms with Gasteiger partial charge in [0.1, 0.15) is 5.82 Å². The lowest BCUT2D eigenvalue weighted by Gasteiger charge is -2.51. The van der Waals surface area contributed by atoms with Crippen LogP contribution in [-0.2, 0) is 0 Å². The van der Waals surface area contributed by atoms with Gasteiger partial charge in [-0.1, -0.05) is 32.9 Å². The molecule has 1 heterocycles. The van der Waals surface area contributed by atoms with Crippen molar-refractivity contribution >= 4 is 11.6 Å². The first kappa shape index (κ1) is 14.4. The predicted molar refractivity (Wildman–Crippen MR) is 84.9 cm³/mol. The third-order valence-corrected chi connectivity index (χ3v) is 5.29. The second kappa shape index (κ2) is 4.72. The van der Waals surface area contributed by atoms with Crippen LogP contribution in [0.25, 0.3) is 0 Å². The smallest absolute Gasteiger partial charge is 0.196 e. The van der Waals surface area contributed by atoms with Crippen molar-refractivity contribution in [2.45, 2.75) is 45.6 Å². The first-order valence-electron chi connectivity index (χ1n) is 7.70. The molecular weight excluding hydrogens is 265 g/mol. The van der Waals surface area contributed by atoms with E-state index in [2.05, 4.69) is 25.8 Å². The minimum absolute atomic E-state index is 0.165. The molecule has 3 nitrogen and oxygen atoms in total. The molecule has 1 aromatic rings. The molecular formula is C17H24FN3. The van der Waals surface area contributed by atoms with Crippen molar-refractivity contribution in [3.8, 4) is 0 Å². The van der Waals surface area contributed by atoms with Crippen LogP contribution >= 0.6 is 0 Å². The van der Waals surface area contributed by atoms with Crippen LogP contribution < -0.4 is 10.6 Å². The van der Waals surface area contributed by atoms with Crippen molar-refractivity contribution in [1.29, 1.82) is 0 Å². The van der Waals surface area contributed by atoms with Gasteiger partial charge in [-0.05, 0) is 42.7 Å². The Hall–Kier alpha value is -1.58. The number of benzene rings is 1. The van der Waals surface area contributed by atoms with Crippen molar-refractivity contribution < 1.29 is 4.39 Å². The molecule has 0 amide bonds. The molecule has 1 aliphatic heterocycles. The zero-order chi connectivity index (χ0) is 15.3. The van der Waals surface area contributed by atoms with Crippen LogP contribution in [-0.4, -0.2) is 18.0 Å². The van der Waals surface area contributed by atoms with E-state index in [1.165, 1.54) is 6.07 Å². The number of aliphatic imine (C=N–C) groups is 1. The summed E-state index contributed by atoms with van der Waals surface area (Å²) in [7, 11) is 0. The normalized spacial score (nSPS) is 31.5. The maximum Gasteiger partial charge on any atom is 0.196 e. The molecule has 114 valence electrons. The molecule has 0 aromatic heterocycles. The summed E-state index contributed by atoms with van der Waals surface area (Å²) in [5, 5.41) is 0. The van der Waals surface area contributed by atoms with Crippen molar-refractivity contribution in [3.63, 3.8) is 0 Å². The van der Waals surface area contributed by atoms with E-state index >= 15 is 0 Å². The minimum atomic E-state index is -0.228. The molecule has 1 fully saturated rings. The third-order valence-electron chi connectivity index (χ3n) is 5.29. The van der Waals surface area contributed by atoms with E-state index in [-0.39, 0.29) is 11.4 Å². The molecule has 21 heavy (non-hydrogen) atoms. The Balaban J connectivity index is 2.02. The van der Waals surface area contributed by atoms with E-state index in [0.717, 1.165) is 19.3 Å². The van der Waals surface area contributed by atoms with Gasteiger partial charge in [-0.25, -0.2) is 4.39 Å². The van der Waals surface area contributed by atoms with E-state index in [1.54, 1.807) is 12.1 Å². The summed E-state index contributed by atoms with van der Waals surface area (Å²) in [4.78, 5) is 6.42. The number of halogens is 1. The van der Waals surface area contributed by atoms with E-state index in [9.17, 15) is 4.39 Å². The minimum Gasteiger partial charge on any atom is -0.369 e. The van der Waals surface area contributed by atoms with Crippen molar-refractivity contribution in [2.24, 2.45) is 22.1 Å². The first-order chi connectivity index (χ1) is 9.86. The average Bonchev–Trinajstić information content (AvgIpc) is 2.74. The zero-order valence-corrected chi connectivity index (χ0v) is 13.1.